The van der Waals surface area contributed by atoms with Crippen molar-refractivity contribution in [3.05, 3.63) is 75.8 Å². The summed E-state index contributed by atoms with van der Waals surface area (Å²) in [6.45, 7) is 0. The summed E-state index contributed by atoms with van der Waals surface area (Å²) in [4.78, 5) is 0. The average molecular weight is 316 g/mol. The molecule has 0 amide bonds. The number of hydrogen-bond donors (Lipinski definition) is 1. The maximum absolute atomic E-state index is 6.17. The van der Waals surface area contributed by atoms with Gasteiger partial charge < -0.3 is 5.32 Å². The molecule has 3 atom stereocenters. The van der Waals surface area contributed by atoms with E-state index >= 15 is 0 Å². The van der Waals surface area contributed by atoms with Crippen LogP contribution in [0.3, 0.4) is 0 Å². The molecule has 21 heavy (non-hydrogen) atoms. The minimum absolute atomic E-state index is 0.316. The standard InChI is InChI=1S/C18H15Cl2N/c19-12-6-4-11(5-7-12)18-15-3-1-2-14(15)16-10-13(20)8-9-17(16)21-18/h1-2,4-10,14-15,18,21H,3H2. The molecule has 1 aliphatic heterocycles. The molecule has 1 N–H and O–H groups in total. The van der Waals surface area contributed by atoms with Gasteiger partial charge in [-0.15, -0.1) is 0 Å². The minimum atomic E-state index is 0.316. The van der Waals surface area contributed by atoms with Crippen LogP contribution in [0.15, 0.2) is 54.6 Å². The zero-order valence-corrected chi connectivity index (χ0v) is 12.9. The third kappa shape index (κ3) is 2.25. The predicted octanol–water partition coefficient (Wildman–Crippen LogP) is 5.82. The predicted molar refractivity (Wildman–Crippen MR) is 89.3 cm³/mol. The molecule has 0 spiro atoms. The van der Waals surface area contributed by atoms with Crippen LogP contribution in [0.4, 0.5) is 5.69 Å². The Bertz CT molecular complexity index is 706. The molecule has 0 fully saturated rings. The van der Waals surface area contributed by atoms with Crippen molar-refractivity contribution in [2.24, 2.45) is 5.92 Å². The highest BCUT2D eigenvalue weighted by Gasteiger charge is 2.37. The van der Waals surface area contributed by atoms with Gasteiger partial charge in [-0.3, -0.25) is 0 Å². The summed E-state index contributed by atoms with van der Waals surface area (Å²) in [5.74, 6) is 0.984. The smallest absolute Gasteiger partial charge is 0.0553 e. The maximum atomic E-state index is 6.17. The topological polar surface area (TPSA) is 12.0 Å². The van der Waals surface area contributed by atoms with Crippen molar-refractivity contribution in [3.8, 4) is 0 Å². The van der Waals surface area contributed by atoms with Crippen molar-refractivity contribution < 1.29 is 0 Å². The quantitative estimate of drug-likeness (QED) is 0.654. The van der Waals surface area contributed by atoms with Crippen LogP contribution in [-0.4, -0.2) is 0 Å². The van der Waals surface area contributed by atoms with Crippen molar-refractivity contribution in [2.45, 2.75) is 18.4 Å². The Morgan fingerprint density at radius 1 is 0.952 bits per heavy atom. The fourth-order valence-electron chi connectivity index (χ4n) is 3.57. The van der Waals surface area contributed by atoms with Gasteiger partial charge in [-0.1, -0.05) is 47.5 Å². The number of anilines is 1. The summed E-state index contributed by atoms with van der Waals surface area (Å²) < 4.78 is 0. The van der Waals surface area contributed by atoms with Crippen molar-refractivity contribution in [2.75, 3.05) is 5.32 Å². The van der Waals surface area contributed by atoms with Gasteiger partial charge in [-0.05, 0) is 53.8 Å². The molecule has 3 unspecified atom stereocenters. The third-order valence-electron chi connectivity index (χ3n) is 4.55. The first-order chi connectivity index (χ1) is 10.2. The molecule has 1 nitrogen and oxygen atoms in total. The molecule has 3 heteroatoms. The van der Waals surface area contributed by atoms with Crippen LogP contribution >= 0.6 is 23.2 Å². The molecule has 0 radical (unpaired) electrons. The molecule has 2 aliphatic rings. The maximum Gasteiger partial charge on any atom is 0.0553 e. The summed E-state index contributed by atoms with van der Waals surface area (Å²) in [7, 11) is 0. The molecular formula is C18H15Cl2N. The Morgan fingerprint density at radius 3 is 2.52 bits per heavy atom. The van der Waals surface area contributed by atoms with Crippen LogP contribution in [0.2, 0.25) is 10.0 Å². The number of benzene rings is 2. The molecule has 4 rings (SSSR count). The third-order valence-corrected chi connectivity index (χ3v) is 5.04. The SMILES string of the molecule is Clc1ccc(C2Nc3ccc(Cl)cc3C3C=CCC32)cc1. The second-order valence-corrected chi connectivity index (χ2v) is 6.63. The normalized spacial score (nSPS) is 26.1. The van der Waals surface area contributed by atoms with E-state index in [1.807, 2.05) is 18.2 Å². The van der Waals surface area contributed by atoms with E-state index in [1.54, 1.807) is 0 Å². The zero-order chi connectivity index (χ0) is 14.4. The van der Waals surface area contributed by atoms with Gasteiger partial charge in [0, 0.05) is 21.7 Å². The molecule has 1 aliphatic carbocycles. The Balaban J connectivity index is 1.78. The van der Waals surface area contributed by atoms with Gasteiger partial charge in [0.1, 0.15) is 0 Å². The van der Waals surface area contributed by atoms with Crippen molar-refractivity contribution in [1.82, 2.24) is 0 Å². The van der Waals surface area contributed by atoms with E-state index in [1.165, 1.54) is 16.8 Å². The van der Waals surface area contributed by atoms with Crippen LogP contribution in [0, 0.1) is 5.92 Å². The number of nitrogens with one attached hydrogen (secondary N) is 1. The average Bonchev–Trinajstić information content (AvgIpc) is 2.97. The van der Waals surface area contributed by atoms with Gasteiger partial charge >= 0.3 is 0 Å². The van der Waals surface area contributed by atoms with Crippen LogP contribution in [0.5, 0.6) is 0 Å². The van der Waals surface area contributed by atoms with E-state index < -0.39 is 0 Å². The Kier molecular flexibility index (Phi) is 3.20. The summed E-state index contributed by atoms with van der Waals surface area (Å²) in [6.07, 6.45) is 5.70. The van der Waals surface area contributed by atoms with Gasteiger partial charge in [0.05, 0.1) is 6.04 Å². The number of fused-ring (bicyclic) bond motifs is 3. The lowest BCUT2D eigenvalue weighted by molar-refractivity contribution is 0.425. The van der Waals surface area contributed by atoms with Gasteiger partial charge in [-0.2, -0.15) is 0 Å². The van der Waals surface area contributed by atoms with E-state index in [4.69, 9.17) is 23.2 Å². The number of rotatable bonds is 1. The Morgan fingerprint density at radius 2 is 1.71 bits per heavy atom. The molecule has 2 aromatic carbocycles. The van der Waals surface area contributed by atoms with Crippen molar-refractivity contribution >= 4 is 28.9 Å². The first-order valence-corrected chi connectivity index (χ1v) is 7.96. The second kappa shape index (κ2) is 5.08. The summed E-state index contributed by atoms with van der Waals surface area (Å²) >= 11 is 12.2. The monoisotopic (exact) mass is 315 g/mol. The van der Waals surface area contributed by atoms with Crippen LogP contribution in [0.25, 0.3) is 0 Å². The number of halogens is 2. The molecule has 2 aromatic rings. The van der Waals surface area contributed by atoms with Crippen LogP contribution in [0.1, 0.15) is 29.5 Å². The van der Waals surface area contributed by atoms with E-state index in [-0.39, 0.29) is 0 Å². The number of allylic oxidation sites excluding steroid dienone is 2. The summed E-state index contributed by atoms with van der Waals surface area (Å²) in [6, 6.07) is 14.6. The van der Waals surface area contributed by atoms with Crippen molar-refractivity contribution in [3.63, 3.8) is 0 Å². The lowest BCUT2D eigenvalue weighted by Crippen LogP contribution is -2.28. The number of hydrogen-bond acceptors (Lipinski definition) is 1. The first-order valence-electron chi connectivity index (χ1n) is 7.20. The minimum Gasteiger partial charge on any atom is -0.378 e. The second-order valence-electron chi connectivity index (χ2n) is 5.76. The van der Waals surface area contributed by atoms with E-state index in [0.29, 0.717) is 17.9 Å². The fourth-order valence-corrected chi connectivity index (χ4v) is 3.87. The summed E-state index contributed by atoms with van der Waals surface area (Å²) in [5, 5.41) is 5.28. The summed E-state index contributed by atoms with van der Waals surface area (Å²) in [5.41, 5.74) is 3.79. The highest BCUT2D eigenvalue weighted by atomic mass is 35.5. The van der Waals surface area contributed by atoms with E-state index in [0.717, 1.165) is 16.5 Å². The largest absolute Gasteiger partial charge is 0.378 e. The fraction of sp³-hybridized carbons (Fsp3) is 0.222. The molecule has 0 saturated heterocycles. The highest BCUT2D eigenvalue weighted by molar-refractivity contribution is 6.31. The van der Waals surface area contributed by atoms with Gasteiger partial charge in [0.25, 0.3) is 0 Å². The molecule has 106 valence electrons. The molecule has 1 heterocycles. The molecule has 0 aromatic heterocycles. The molecule has 0 saturated carbocycles. The Hall–Kier alpha value is -1.44. The van der Waals surface area contributed by atoms with E-state index in [9.17, 15) is 0 Å². The van der Waals surface area contributed by atoms with E-state index in [2.05, 4.69) is 41.7 Å². The van der Waals surface area contributed by atoms with Gasteiger partial charge in [-0.25, -0.2) is 0 Å². The zero-order valence-electron chi connectivity index (χ0n) is 11.4. The van der Waals surface area contributed by atoms with Crippen LogP contribution in [-0.2, 0) is 0 Å². The lowest BCUT2D eigenvalue weighted by atomic mass is 9.77. The highest BCUT2D eigenvalue weighted by Crippen LogP contribution is 2.50. The lowest BCUT2D eigenvalue weighted by Gasteiger charge is -2.37. The van der Waals surface area contributed by atoms with Gasteiger partial charge in [0.2, 0.25) is 0 Å². The Labute approximate surface area is 134 Å². The van der Waals surface area contributed by atoms with Crippen molar-refractivity contribution in [1.29, 1.82) is 0 Å². The first kappa shape index (κ1) is 13.2. The van der Waals surface area contributed by atoms with Crippen LogP contribution < -0.4 is 5.32 Å². The van der Waals surface area contributed by atoms with Gasteiger partial charge in [0.15, 0.2) is 0 Å². The molecular weight excluding hydrogens is 301 g/mol. The molecule has 0 bridgehead atoms.